The van der Waals surface area contributed by atoms with Crippen LogP contribution >= 0.6 is 11.8 Å². The van der Waals surface area contributed by atoms with Crippen LogP contribution in [0.4, 0.5) is 10.5 Å². The van der Waals surface area contributed by atoms with Crippen molar-refractivity contribution in [2.75, 3.05) is 38.2 Å². The first kappa shape index (κ1) is 27.3. The zero-order valence-corrected chi connectivity index (χ0v) is 22.6. The Kier molecular flexibility index (Phi) is 8.73. The number of anilines is 1. The molecule has 2 fully saturated rings. The van der Waals surface area contributed by atoms with Gasteiger partial charge in [-0.3, -0.25) is 24.1 Å². The molecule has 0 unspecified atom stereocenters. The number of carbonyl (C=O) groups is 4. The maximum Gasteiger partial charge on any atom is 0.294 e. The monoisotopic (exact) mass is 537 g/mol. The molecule has 2 aliphatic rings. The van der Waals surface area contributed by atoms with Gasteiger partial charge in [-0.05, 0) is 86.3 Å². The van der Waals surface area contributed by atoms with Gasteiger partial charge >= 0.3 is 0 Å². The van der Waals surface area contributed by atoms with Crippen LogP contribution in [0, 0.1) is 13.8 Å². The first-order chi connectivity index (χ1) is 18.2. The summed E-state index contributed by atoms with van der Waals surface area (Å²) in [5.74, 6) is -0.198. The summed E-state index contributed by atoms with van der Waals surface area (Å²) in [5.41, 5.74) is 3.14. The van der Waals surface area contributed by atoms with Crippen LogP contribution in [-0.4, -0.2) is 65.6 Å². The number of imide groups is 1. The van der Waals surface area contributed by atoms with Crippen LogP contribution in [0.25, 0.3) is 6.08 Å². The molecule has 0 saturated carbocycles. The molecule has 1 N–H and O–H groups in total. The van der Waals surface area contributed by atoms with Crippen molar-refractivity contribution in [1.29, 1.82) is 0 Å². The molecular weight excluding hydrogens is 506 g/mol. The van der Waals surface area contributed by atoms with Crippen LogP contribution in [0.2, 0.25) is 0 Å². The molecule has 2 aromatic rings. The second kappa shape index (κ2) is 12.2. The van der Waals surface area contributed by atoms with E-state index in [0.29, 0.717) is 29.4 Å². The molecule has 2 heterocycles. The minimum Gasteiger partial charge on any atom is -0.490 e. The molecule has 0 atom stereocenters. The second-order valence-corrected chi connectivity index (χ2v) is 10.1. The van der Waals surface area contributed by atoms with E-state index in [1.165, 1.54) is 0 Å². The number of thioether (sulfide) groups is 1. The molecule has 2 saturated heterocycles. The van der Waals surface area contributed by atoms with Crippen molar-refractivity contribution in [2.24, 2.45) is 0 Å². The van der Waals surface area contributed by atoms with E-state index in [9.17, 15) is 19.2 Å². The summed E-state index contributed by atoms with van der Waals surface area (Å²) < 4.78 is 11.4. The number of hydrogen-bond donors (Lipinski definition) is 1. The summed E-state index contributed by atoms with van der Waals surface area (Å²) in [6.45, 7) is 7.05. The summed E-state index contributed by atoms with van der Waals surface area (Å²) in [7, 11) is 0. The Morgan fingerprint density at radius 1 is 1.03 bits per heavy atom. The van der Waals surface area contributed by atoms with E-state index in [0.717, 1.165) is 53.7 Å². The molecule has 0 aromatic heterocycles. The minimum atomic E-state index is -0.536. The molecular formula is C28H31N3O6S. The lowest BCUT2D eigenvalue weighted by Crippen LogP contribution is -2.36. The third-order valence-electron chi connectivity index (χ3n) is 6.22. The molecule has 200 valence electrons. The van der Waals surface area contributed by atoms with Crippen molar-refractivity contribution in [3.05, 3.63) is 58.0 Å². The van der Waals surface area contributed by atoms with Crippen LogP contribution in [0.1, 0.15) is 36.5 Å². The van der Waals surface area contributed by atoms with E-state index < -0.39 is 17.1 Å². The van der Waals surface area contributed by atoms with Gasteiger partial charge in [0, 0.05) is 18.8 Å². The Labute approximate surface area is 226 Å². The normalized spacial score (nSPS) is 16.3. The fourth-order valence-electron chi connectivity index (χ4n) is 4.19. The third-order valence-corrected chi connectivity index (χ3v) is 7.13. The number of rotatable bonds is 9. The standard InChI is InChI=1S/C28H31N3O6S/c1-4-36-23-14-20(9-10-22(23)37-17-26(33)30-11-5-6-12-30)15-24-27(34)31(28(35)38-24)16-25(32)29-21-13-18(2)7-8-19(21)3/h7-10,13-15H,4-6,11-12,16-17H2,1-3H3,(H,29,32)/b24-15-. The first-order valence-electron chi connectivity index (χ1n) is 12.5. The molecule has 10 heteroatoms. The third kappa shape index (κ3) is 6.55. The van der Waals surface area contributed by atoms with Crippen molar-refractivity contribution < 1.29 is 28.7 Å². The van der Waals surface area contributed by atoms with Gasteiger partial charge in [0.25, 0.3) is 17.1 Å². The highest BCUT2D eigenvalue weighted by atomic mass is 32.2. The molecule has 0 radical (unpaired) electrons. The summed E-state index contributed by atoms with van der Waals surface area (Å²) in [6, 6.07) is 10.8. The van der Waals surface area contributed by atoms with Gasteiger partial charge in [-0.15, -0.1) is 0 Å². The van der Waals surface area contributed by atoms with Crippen LogP contribution in [0.5, 0.6) is 11.5 Å². The highest BCUT2D eigenvalue weighted by Crippen LogP contribution is 2.35. The fraction of sp³-hybridized carbons (Fsp3) is 0.357. The van der Waals surface area contributed by atoms with Gasteiger partial charge in [-0.25, -0.2) is 0 Å². The van der Waals surface area contributed by atoms with E-state index in [1.54, 1.807) is 29.2 Å². The van der Waals surface area contributed by atoms with Gasteiger partial charge in [-0.1, -0.05) is 18.2 Å². The number of amides is 4. The van der Waals surface area contributed by atoms with Gasteiger partial charge in [0.05, 0.1) is 11.5 Å². The van der Waals surface area contributed by atoms with Crippen LogP contribution < -0.4 is 14.8 Å². The number of nitrogens with one attached hydrogen (secondary N) is 1. The van der Waals surface area contributed by atoms with E-state index in [4.69, 9.17) is 9.47 Å². The molecule has 38 heavy (non-hydrogen) atoms. The zero-order chi connectivity index (χ0) is 27.2. The molecule has 0 spiro atoms. The van der Waals surface area contributed by atoms with Gasteiger partial charge in [-0.2, -0.15) is 0 Å². The predicted octanol–water partition coefficient (Wildman–Crippen LogP) is 4.38. The van der Waals surface area contributed by atoms with Crippen molar-refractivity contribution in [3.8, 4) is 11.5 Å². The molecule has 9 nitrogen and oxygen atoms in total. The van der Waals surface area contributed by atoms with E-state index in [-0.39, 0.29) is 24.0 Å². The summed E-state index contributed by atoms with van der Waals surface area (Å²) in [6.07, 6.45) is 3.59. The predicted molar refractivity (Wildman–Crippen MR) is 146 cm³/mol. The summed E-state index contributed by atoms with van der Waals surface area (Å²) >= 11 is 0.778. The van der Waals surface area contributed by atoms with Gasteiger partial charge in [0.1, 0.15) is 6.54 Å². The van der Waals surface area contributed by atoms with Crippen molar-refractivity contribution in [1.82, 2.24) is 9.80 Å². The highest BCUT2D eigenvalue weighted by molar-refractivity contribution is 8.18. The van der Waals surface area contributed by atoms with Crippen molar-refractivity contribution in [2.45, 2.75) is 33.6 Å². The molecule has 2 aromatic carbocycles. The SMILES string of the molecule is CCOc1cc(/C=C2\SC(=O)N(CC(=O)Nc3cc(C)ccc3C)C2=O)ccc1OCC(=O)N1CCCC1. The van der Waals surface area contributed by atoms with E-state index in [1.807, 2.05) is 39.0 Å². The number of carbonyl (C=O) groups excluding carboxylic acids is 4. The van der Waals surface area contributed by atoms with Gasteiger partial charge < -0.3 is 19.7 Å². The Balaban J connectivity index is 1.42. The van der Waals surface area contributed by atoms with E-state index in [2.05, 4.69) is 5.32 Å². The number of hydrogen-bond acceptors (Lipinski definition) is 7. The Morgan fingerprint density at radius 3 is 2.53 bits per heavy atom. The Morgan fingerprint density at radius 2 is 1.79 bits per heavy atom. The summed E-state index contributed by atoms with van der Waals surface area (Å²) in [4.78, 5) is 53.3. The van der Waals surface area contributed by atoms with Crippen LogP contribution in [0.15, 0.2) is 41.3 Å². The first-order valence-corrected chi connectivity index (χ1v) is 13.4. The summed E-state index contributed by atoms with van der Waals surface area (Å²) in [5, 5.41) is 2.27. The molecule has 0 bridgehead atoms. The highest BCUT2D eigenvalue weighted by Gasteiger charge is 2.36. The van der Waals surface area contributed by atoms with Crippen molar-refractivity contribution in [3.63, 3.8) is 0 Å². The van der Waals surface area contributed by atoms with Gasteiger partial charge in [0.15, 0.2) is 18.1 Å². The largest absolute Gasteiger partial charge is 0.490 e. The number of benzene rings is 2. The maximum absolute atomic E-state index is 12.9. The zero-order valence-electron chi connectivity index (χ0n) is 21.7. The molecule has 0 aliphatic carbocycles. The van der Waals surface area contributed by atoms with Crippen LogP contribution in [0.3, 0.4) is 0 Å². The fourth-order valence-corrected chi connectivity index (χ4v) is 5.03. The molecule has 4 rings (SSSR count). The Hall–Kier alpha value is -3.79. The molecule has 4 amide bonds. The number of ether oxygens (including phenoxy) is 2. The Bertz CT molecular complexity index is 1290. The minimum absolute atomic E-state index is 0.0655. The lowest BCUT2D eigenvalue weighted by molar-refractivity contribution is -0.132. The molecule has 2 aliphatic heterocycles. The average Bonchev–Trinajstić information content (AvgIpc) is 3.51. The topological polar surface area (TPSA) is 105 Å². The lowest BCUT2D eigenvalue weighted by atomic mass is 10.1. The van der Waals surface area contributed by atoms with Gasteiger partial charge in [0.2, 0.25) is 5.91 Å². The lowest BCUT2D eigenvalue weighted by Gasteiger charge is -2.17. The van der Waals surface area contributed by atoms with Crippen molar-refractivity contribution >= 4 is 46.5 Å². The number of nitrogens with zero attached hydrogens (tertiary/aromatic N) is 2. The quantitative estimate of drug-likeness (QED) is 0.474. The maximum atomic E-state index is 12.9. The number of aryl methyl sites for hydroxylation is 2. The average molecular weight is 538 g/mol. The van der Waals surface area contributed by atoms with E-state index >= 15 is 0 Å². The van der Waals surface area contributed by atoms with Crippen LogP contribution in [-0.2, 0) is 14.4 Å². The number of likely N-dealkylation sites (tertiary alicyclic amines) is 1. The smallest absolute Gasteiger partial charge is 0.294 e. The second-order valence-electron chi connectivity index (χ2n) is 9.15.